The highest BCUT2D eigenvalue weighted by Gasteiger charge is 2.48. The van der Waals surface area contributed by atoms with E-state index in [1.807, 2.05) is 66.7 Å². The van der Waals surface area contributed by atoms with E-state index >= 15 is 0 Å². The van der Waals surface area contributed by atoms with Crippen LogP contribution < -0.4 is 20.4 Å². The molecule has 0 aromatic heterocycles. The van der Waals surface area contributed by atoms with Gasteiger partial charge in [0.05, 0.1) is 107 Å². The summed E-state index contributed by atoms with van der Waals surface area (Å²) >= 11 is 0. The van der Waals surface area contributed by atoms with Crippen molar-refractivity contribution in [1.82, 2.24) is 20.4 Å². The predicted molar refractivity (Wildman–Crippen MR) is 283 cm³/mol. The van der Waals surface area contributed by atoms with Crippen LogP contribution >= 0.6 is 0 Å². The van der Waals surface area contributed by atoms with E-state index in [0.717, 1.165) is 57.3 Å². The van der Waals surface area contributed by atoms with Crippen LogP contribution in [0.5, 0.6) is 0 Å². The number of alkyl halides is 6. The third-order valence-electron chi connectivity index (χ3n) is 15.0. The highest BCUT2D eigenvalue weighted by atomic mass is 19.4. The van der Waals surface area contributed by atoms with Crippen molar-refractivity contribution < 1.29 is 59.9 Å². The smallest absolute Gasteiger partial charge is 0.435 e. The number of carbonyl (C=O) groups excluding carboxylic acids is 4. The molecule has 7 amide bonds. The van der Waals surface area contributed by atoms with Gasteiger partial charge in [0.15, 0.2) is 0 Å². The van der Waals surface area contributed by atoms with E-state index in [1.165, 1.54) is 46.2 Å². The first-order valence-corrected chi connectivity index (χ1v) is 25.6. The van der Waals surface area contributed by atoms with Gasteiger partial charge in [0.25, 0.3) is 11.8 Å². The van der Waals surface area contributed by atoms with E-state index in [2.05, 4.69) is 10.6 Å². The minimum Gasteiger partial charge on any atom is -0.435 e. The molecule has 0 saturated heterocycles. The maximum Gasteiger partial charge on any atom is 0.513 e. The van der Waals surface area contributed by atoms with Crippen molar-refractivity contribution in [1.29, 1.82) is 10.5 Å². The lowest BCUT2D eigenvalue weighted by molar-refractivity contribution is -0.871. The summed E-state index contributed by atoms with van der Waals surface area (Å²) in [5.41, 5.74) is 1.94. The number of urea groups is 2. The molecule has 0 spiro atoms. The summed E-state index contributed by atoms with van der Waals surface area (Å²) in [4.78, 5) is 76.2. The summed E-state index contributed by atoms with van der Waals surface area (Å²) in [6, 6.07) is 37.7. The number of quaternary nitrogens is 1. The lowest BCUT2D eigenvalue weighted by Gasteiger charge is -2.34. The molecule has 4 aliphatic rings. The molecule has 4 heterocycles. The van der Waals surface area contributed by atoms with Crippen LogP contribution in [-0.4, -0.2) is 88.6 Å². The van der Waals surface area contributed by atoms with Crippen molar-refractivity contribution in [3.8, 4) is 23.3 Å². The third-order valence-corrected chi connectivity index (χ3v) is 15.0. The number of amides is 7. The minimum atomic E-state index is -4.76. The summed E-state index contributed by atoms with van der Waals surface area (Å²) < 4.78 is 83.5. The van der Waals surface area contributed by atoms with E-state index in [4.69, 9.17) is 0 Å². The average molecular weight is 1110 g/mol. The zero-order chi connectivity index (χ0) is 57.4. The quantitative estimate of drug-likeness (QED) is 0.0668. The van der Waals surface area contributed by atoms with Gasteiger partial charge in [0.2, 0.25) is 0 Å². The molecule has 2 atom stereocenters. The molecule has 0 aliphatic carbocycles. The largest absolute Gasteiger partial charge is 0.513 e. The Labute approximate surface area is 460 Å². The maximum atomic E-state index is 14.7. The molecule has 6 aromatic carbocycles. The zero-order valence-electron chi connectivity index (χ0n) is 42.8. The van der Waals surface area contributed by atoms with Crippen LogP contribution in [-0.2, 0) is 28.5 Å². The molecule has 0 bridgehead atoms. The van der Waals surface area contributed by atoms with E-state index in [1.54, 1.807) is 24.3 Å². The van der Waals surface area contributed by atoms with Crippen LogP contribution in [0.2, 0.25) is 0 Å². The van der Waals surface area contributed by atoms with E-state index in [0.29, 0.717) is 27.8 Å². The Kier molecular flexibility index (Phi) is 14.7. The number of halogens is 6. The van der Waals surface area contributed by atoms with Gasteiger partial charge in [-0.05, 0) is 82.9 Å². The number of hydrogen-bond donors (Lipinski definition) is 3. The van der Waals surface area contributed by atoms with Crippen molar-refractivity contribution >= 4 is 41.3 Å². The Balaban J connectivity index is 0.932. The van der Waals surface area contributed by atoms with Crippen LogP contribution in [0.1, 0.15) is 63.9 Å². The summed E-state index contributed by atoms with van der Waals surface area (Å²) in [6.45, 7) is -0.855. The van der Waals surface area contributed by atoms with Gasteiger partial charge in [-0.3, -0.25) is 19.4 Å². The van der Waals surface area contributed by atoms with Crippen molar-refractivity contribution in [2.24, 2.45) is 0 Å². The number of hydrogen-bond acceptors (Lipinski definition) is 7. The van der Waals surface area contributed by atoms with Gasteiger partial charge in [-0.15, -0.1) is 0 Å². The first kappa shape index (κ1) is 54.6. The predicted octanol–water partition coefficient (Wildman–Crippen LogP) is 11.0. The van der Waals surface area contributed by atoms with Crippen LogP contribution in [0, 0.1) is 22.7 Å². The lowest BCUT2D eigenvalue weighted by Crippen LogP contribution is -2.54. The Morgan fingerprint density at radius 1 is 0.568 bits per heavy atom. The molecule has 15 nitrogen and oxygen atoms in total. The van der Waals surface area contributed by atoms with Gasteiger partial charge in [-0.25, -0.2) is 14.1 Å². The van der Waals surface area contributed by atoms with Gasteiger partial charge in [-0.1, -0.05) is 91.0 Å². The number of carboxylic acid groups (broad SMARTS) is 1. The molecule has 6 aromatic rings. The molecule has 21 heteroatoms. The molecule has 410 valence electrons. The summed E-state index contributed by atoms with van der Waals surface area (Å²) in [7, 11) is 0. The van der Waals surface area contributed by atoms with Gasteiger partial charge in [-0.2, -0.15) is 41.7 Å². The molecule has 0 saturated carbocycles. The Morgan fingerprint density at radius 2 is 0.988 bits per heavy atom. The molecular weight excluding hydrogens is 1060 g/mol. The minimum absolute atomic E-state index is 0.0532. The fourth-order valence-electron chi connectivity index (χ4n) is 11.0. The number of nitrogens with zero attached hydrogens (tertiary/aromatic N) is 7. The zero-order valence-corrected chi connectivity index (χ0v) is 42.8. The Bertz CT molecular complexity index is 3440. The van der Waals surface area contributed by atoms with Gasteiger partial charge in [0, 0.05) is 31.5 Å². The van der Waals surface area contributed by atoms with Crippen molar-refractivity contribution in [3.63, 3.8) is 0 Å². The van der Waals surface area contributed by atoms with Crippen LogP contribution in [0.3, 0.4) is 0 Å². The number of carbonyl (C=O) groups is 5. The lowest BCUT2D eigenvalue weighted by atomic mass is 9.94. The normalized spacial score (nSPS) is 17.4. The van der Waals surface area contributed by atoms with Gasteiger partial charge < -0.3 is 25.5 Å². The topological polar surface area (TPSA) is 190 Å². The Hall–Kier alpha value is -9.73. The van der Waals surface area contributed by atoms with E-state index < -0.39 is 70.0 Å². The van der Waals surface area contributed by atoms with E-state index in [-0.39, 0.29) is 92.6 Å². The summed E-state index contributed by atoms with van der Waals surface area (Å²) in [5, 5.41) is 35.8. The fourth-order valence-corrected chi connectivity index (χ4v) is 11.0. The molecule has 81 heavy (non-hydrogen) atoms. The van der Waals surface area contributed by atoms with Gasteiger partial charge >= 0.3 is 30.5 Å². The molecule has 4 aliphatic heterocycles. The molecule has 3 N–H and O–H groups in total. The Morgan fingerprint density at radius 3 is 1.38 bits per heavy atom. The summed E-state index contributed by atoms with van der Waals surface area (Å²) in [6.07, 6.45) is -10.6. The summed E-state index contributed by atoms with van der Waals surface area (Å²) in [5.74, 6) is -1.12. The highest BCUT2D eigenvalue weighted by Crippen LogP contribution is 2.43. The van der Waals surface area contributed by atoms with Crippen molar-refractivity contribution in [2.45, 2.75) is 43.8 Å². The second kappa shape index (κ2) is 21.8. The first-order valence-electron chi connectivity index (χ1n) is 25.6. The van der Waals surface area contributed by atoms with Crippen molar-refractivity contribution in [2.75, 3.05) is 49.1 Å². The van der Waals surface area contributed by atoms with Crippen molar-refractivity contribution in [3.05, 3.63) is 213 Å². The number of rotatable bonds is 15. The highest BCUT2D eigenvalue weighted by molar-refractivity contribution is 6.08. The number of anilines is 2. The molecule has 0 fully saturated rings. The third kappa shape index (κ3) is 10.9. The second-order valence-electron chi connectivity index (χ2n) is 20.0. The molecule has 10 rings (SSSR count). The monoisotopic (exact) mass is 1100 g/mol. The van der Waals surface area contributed by atoms with Crippen LogP contribution in [0.15, 0.2) is 174 Å². The van der Waals surface area contributed by atoms with Gasteiger partial charge in [0.1, 0.15) is 6.54 Å². The standard InChI is InChI=1S/C60H47F6N9O6/c61-59(62,63)44-10-4-12-46(30-44)73-48-34-71(54(76)50(48)52(69-56(73)78)42-22-14-37(32-67)15-23-42)26-6-28-75(58(80)81,36-39-18-20-41(21-19-39)40-8-2-1-3-9-40)29-7-27-72-35-49-51(55(72)77)53(43-24-16-38(33-68)17-25-43)70-57(79)74(49)47-13-5-11-45(31-47)60(64,65)66/h1-5,8-25,30-31,52-53H,6-7,26-29,34-36H2,(H2-,69,70,78,79,80,81)/p+1/t52-,53-/m1/s1. The second-order valence-corrected chi connectivity index (χ2v) is 20.0. The molecule has 0 unspecified atom stereocenters. The van der Waals surface area contributed by atoms with Crippen LogP contribution in [0.25, 0.3) is 11.1 Å². The fraction of sp³-hybridized carbons (Fsp3) is 0.217. The number of nitriles is 2. The molecular formula is C60H48F6N9O6+. The number of nitrogens with one attached hydrogen (secondary N) is 2. The number of benzene rings is 6. The average Bonchev–Trinajstić information content (AvgIpc) is 3.50. The van der Waals surface area contributed by atoms with Crippen LogP contribution in [0.4, 0.5) is 52.1 Å². The SMILES string of the molecule is N#Cc1ccc([C@H]2NC(=O)N(c3cccc(C(F)(F)F)c3)C3=C2C(=O)N(CCC[N+](CCCN2CC4=C(C2=O)[C@@H](c2ccc(C#N)cc2)NC(=O)N4c2cccc(C(F)(F)F)c2)(Cc2ccc(-c4ccccc4)cc2)C(=O)O)C3)cc1. The maximum absolute atomic E-state index is 14.7. The molecule has 0 radical (unpaired) electrons. The van der Waals surface area contributed by atoms with E-state index in [9.17, 15) is 65.9 Å². The first-order chi connectivity index (χ1) is 38.8.